The van der Waals surface area contributed by atoms with Gasteiger partial charge in [0, 0.05) is 0 Å². The maximum atomic E-state index is 12.8. The SMILES string of the molecule is Cc1ccc(S(=O)(=O)N2CC[NH+](Cn3cnc4ccccc4c3=O)CC2)cc1. The van der Waals surface area contributed by atoms with Gasteiger partial charge in [0.05, 0.1) is 42.0 Å². The zero-order valence-corrected chi connectivity index (χ0v) is 16.5. The van der Waals surface area contributed by atoms with Gasteiger partial charge in [0.1, 0.15) is 6.33 Å². The highest BCUT2D eigenvalue weighted by Gasteiger charge is 2.30. The average Bonchev–Trinajstić information content (AvgIpc) is 2.71. The van der Waals surface area contributed by atoms with Crippen molar-refractivity contribution < 1.29 is 13.3 Å². The van der Waals surface area contributed by atoms with Gasteiger partial charge in [0.25, 0.3) is 5.56 Å². The Morgan fingerprint density at radius 3 is 2.43 bits per heavy atom. The normalized spacial score (nSPS) is 16.5. The number of hydrogen-bond acceptors (Lipinski definition) is 4. The van der Waals surface area contributed by atoms with Crippen molar-refractivity contribution in [1.82, 2.24) is 13.9 Å². The van der Waals surface area contributed by atoms with Gasteiger partial charge < -0.3 is 4.90 Å². The van der Waals surface area contributed by atoms with Crippen LogP contribution in [0.3, 0.4) is 0 Å². The molecule has 0 saturated carbocycles. The van der Waals surface area contributed by atoms with E-state index >= 15 is 0 Å². The summed E-state index contributed by atoms with van der Waals surface area (Å²) in [6.45, 7) is 4.56. The molecule has 0 amide bonds. The highest BCUT2D eigenvalue weighted by molar-refractivity contribution is 7.89. The number of nitrogens with zero attached hydrogens (tertiary/aromatic N) is 3. The summed E-state index contributed by atoms with van der Waals surface area (Å²) in [7, 11) is -3.47. The molecule has 1 saturated heterocycles. The molecule has 2 aromatic carbocycles. The molecule has 0 aliphatic carbocycles. The van der Waals surface area contributed by atoms with Gasteiger partial charge in [-0.1, -0.05) is 29.8 Å². The lowest BCUT2D eigenvalue weighted by molar-refractivity contribution is -0.926. The molecule has 0 spiro atoms. The number of fused-ring (bicyclic) bond motifs is 1. The van der Waals surface area contributed by atoms with Crippen molar-refractivity contribution in [2.45, 2.75) is 18.5 Å². The van der Waals surface area contributed by atoms with E-state index in [9.17, 15) is 13.2 Å². The zero-order chi connectivity index (χ0) is 19.7. The largest absolute Gasteiger partial charge is 0.315 e. The Kier molecular flexibility index (Phi) is 5.01. The van der Waals surface area contributed by atoms with Crippen molar-refractivity contribution in [2.75, 3.05) is 26.2 Å². The number of nitrogens with one attached hydrogen (secondary N) is 1. The maximum Gasteiger partial charge on any atom is 0.265 e. The first-order valence-corrected chi connectivity index (χ1v) is 10.7. The summed E-state index contributed by atoms with van der Waals surface area (Å²) in [5.74, 6) is 0. The van der Waals surface area contributed by atoms with E-state index in [0.29, 0.717) is 48.6 Å². The Morgan fingerprint density at radius 1 is 1.04 bits per heavy atom. The van der Waals surface area contributed by atoms with E-state index < -0.39 is 10.0 Å². The van der Waals surface area contributed by atoms with Crippen LogP contribution in [0.1, 0.15) is 5.56 Å². The maximum absolute atomic E-state index is 12.8. The van der Waals surface area contributed by atoms with Gasteiger partial charge in [-0.25, -0.2) is 18.0 Å². The fourth-order valence-corrected chi connectivity index (χ4v) is 4.96. The van der Waals surface area contributed by atoms with Gasteiger partial charge in [-0.15, -0.1) is 0 Å². The number of quaternary nitrogens is 1. The summed E-state index contributed by atoms with van der Waals surface area (Å²) in [5.41, 5.74) is 1.66. The number of sulfonamides is 1. The van der Waals surface area contributed by atoms with E-state index in [0.717, 1.165) is 10.5 Å². The zero-order valence-electron chi connectivity index (χ0n) is 15.7. The van der Waals surface area contributed by atoms with Crippen LogP contribution in [-0.4, -0.2) is 48.5 Å². The summed E-state index contributed by atoms with van der Waals surface area (Å²) in [5, 5.41) is 0.602. The van der Waals surface area contributed by atoms with Crippen LogP contribution in [0.5, 0.6) is 0 Å². The Hall–Kier alpha value is -2.55. The average molecular weight is 399 g/mol. The fraction of sp³-hybridized carbons (Fsp3) is 0.300. The molecular formula is C20H23N4O3S+. The molecule has 3 aromatic rings. The van der Waals surface area contributed by atoms with Gasteiger partial charge >= 0.3 is 0 Å². The minimum absolute atomic E-state index is 0.0622. The van der Waals surface area contributed by atoms with Crippen LogP contribution in [0.15, 0.2) is 64.5 Å². The van der Waals surface area contributed by atoms with Crippen LogP contribution in [-0.2, 0) is 16.7 Å². The van der Waals surface area contributed by atoms with Crippen LogP contribution in [0.4, 0.5) is 0 Å². The number of para-hydroxylation sites is 1. The molecule has 1 aliphatic heterocycles. The van der Waals surface area contributed by atoms with Crippen LogP contribution in [0.25, 0.3) is 10.9 Å². The Labute approximate surface area is 163 Å². The second-order valence-electron chi connectivity index (χ2n) is 7.16. The lowest BCUT2D eigenvalue weighted by Gasteiger charge is -2.31. The van der Waals surface area contributed by atoms with Crippen molar-refractivity contribution in [1.29, 1.82) is 0 Å². The second kappa shape index (κ2) is 7.46. The lowest BCUT2D eigenvalue weighted by atomic mass is 10.2. The summed E-state index contributed by atoms with van der Waals surface area (Å²) in [6.07, 6.45) is 1.58. The first kappa shape index (κ1) is 18.8. The third-order valence-electron chi connectivity index (χ3n) is 5.21. The third-order valence-corrected chi connectivity index (χ3v) is 7.13. The van der Waals surface area contributed by atoms with Gasteiger partial charge in [-0.2, -0.15) is 4.31 Å². The van der Waals surface area contributed by atoms with Crippen molar-refractivity contribution in [3.63, 3.8) is 0 Å². The third kappa shape index (κ3) is 3.58. The first-order valence-electron chi connectivity index (χ1n) is 9.30. The minimum atomic E-state index is -3.47. The summed E-state index contributed by atoms with van der Waals surface area (Å²) in [6, 6.07) is 14.2. The smallest absolute Gasteiger partial charge is 0.265 e. The molecule has 1 N–H and O–H groups in total. The molecule has 0 radical (unpaired) electrons. The molecule has 1 aliphatic rings. The highest BCUT2D eigenvalue weighted by Crippen LogP contribution is 2.16. The standard InChI is InChI=1S/C20H22N4O3S/c1-16-6-8-17(9-7-16)28(26,27)24-12-10-22(11-13-24)15-23-14-21-19-5-3-2-4-18(19)20(23)25/h2-9,14H,10-13,15H2,1H3/p+1. The van der Waals surface area contributed by atoms with Gasteiger partial charge in [0.15, 0.2) is 6.67 Å². The molecule has 7 nitrogen and oxygen atoms in total. The van der Waals surface area contributed by atoms with E-state index in [4.69, 9.17) is 0 Å². The molecule has 146 valence electrons. The van der Waals surface area contributed by atoms with E-state index in [2.05, 4.69) is 4.98 Å². The fourth-order valence-electron chi connectivity index (χ4n) is 3.52. The quantitative estimate of drug-likeness (QED) is 0.683. The number of aromatic nitrogens is 2. The summed E-state index contributed by atoms with van der Waals surface area (Å²) in [4.78, 5) is 18.5. The van der Waals surface area contributed by atoms with Crippen molar-refractivity contribution in [3.05, 3.63) is 70.8 Å². The summed E-state index contributed by atoms with van der Waals surface area (Å²) < 4.78 is 28.8. The topological polar surface area (TPSA) is 76.7 Å². The Balaban J connectivity index is 1.45. The molecule has 1 fully saturated rings. The van der Waals surface area contributed by atoms with E-state index in [1.165, 1.54) is 4.31 Å². The van der Waals surface area contributed by atoms with Crippen molar-refractivity contribution in [2.24, 2.45) is 0 Å². The Bertz CT molecular complexity index is 1150. The molecule has 0 unspecified atom stereocenters. The number of benzene rings is 2. The minimum Gasteiger partial charge on any atom is -0.315 e. The van der Waals surface area contributed by atoms with Crippen molar-refractivity contribution in [3.8, 4) is 0 Å². The Morgan fingerprint density at radius 2 is 1.71 bits per heavy atom. The molecule has 28 heavy (non-hydrogen) atoms. The monoisotopic (exact) mass is 399 g/mol. The molecule has 2 heterocycles. The van der Waals surface area contributed by atoms with Crippen LogP contribution in [0.2, 0.25) is 0 Å². The van der Waals surface area contributed by atoms with Crippen LogP contribution in [0, 0.1) is 6.92 Å². The molecule has 0 atom stereocenters. The highest BCUT2D eigenvalue weighted by atomic mass is 32.2. The number of piperazine rings is 1. The van der Waals surface area contributed by atoms with E-state index in [1.54, 1.807) is 29.1 Å². The van der Waals surface area contributed by atoms with E-state index in [-0.39, 0.29) is 5.56 Å². The molecule has 8 heteroatoms. The predicted molar refractivity (Wildman–Crippen MR) is 107 cm³/mol. The molecule has 4 rings (SSSR count). The van der Waals surface area contributed by atoms with Crippen molar-refractivity contribution >= 4 is 20.9 Å². The van der Waals surface area contributed by atoms with E-state index in [1.807, 2.05) is 37.3 Å². The number of aryl methyl sites for hydroxylation is 1. The predicted octanol–water partition coefficient (Wildman–Crippen LogP) is 0.252. The first-order chi connectivity index (χ1) is 13.4. The molecule has 0 bridgehead atoms. The van der Waals surface area contributed by atoms with Gasteiger partial charge in [0.2, 0.25) is 10.0 Å². The summed E-state index contributed by atoms with van der Waals surface area (Å²) >= 11 is 0. The van der Waals surface area contributed by atoms with Crippen LogP contribution >= 0.6 is 0 Å². The van der Waals surface area contributed by atoms with Gasteiger partial charge in [-0.05, 0) is 31.2 Å². The van der Waals surface area contributed by atoms with Crippen LogP contribution < -0.4 is 10.5 Å². The molecular weight excluding hydrogens is 376 g/mol. The number of hydrogen-bond donors (Lipinski definition) is 1. The molecule has 1 aromatic heterocycles. The number of rotatable bonds is 4. The second-order valence-corrected chi connectivity index (χ2v) is 9.10. The van der Waals surface area contributed by atoms with Gasteiger partial charge in [-0.3, -0.25) is 4.79 Å². The lowest BCUT2D eigenvalue weighted by Crippen LogP contribution is -3.14.